The van der Waals surface area contributed by atoms with E-state index < -0.39 is 0 Å². The second-order valence-corrected chi connectivity index (χ2v) is 9.22. The van der Waals surface area contributed by atoms with Gasteiger partial charge in [0.25, 0.3) is 5.56 Å². The lowest BCUT2D eigenvalue weighted by atomic mass is 10.0. The van der Waals surface area contributed by atoms with Gasteiger partial charge >= 0.3 is 0 Å². The molecule has 2 heterocycles. The van der Waals surface area contributed by atoms with Crippen LogP contribution in [0, 0.1) is 19.3 Å². The number of benzene rings is 3. The van der Waals surface area contributed by atoms with Gasteiger partial charge in [-0.05, 0) is 54.1 Å². The van der Waals surface area contributed by atoms with Gasteiger partial charge in [0.05, 0.1) is 28.9 Å². The zero-order valence-electron chi connectivity index (χ0n) is 21.3. The molecule has 8 heteroatoms. The molecule has 0 saturated heterocycles. The highest BCUT2D eigenvalue weighted by Crippen LogP contribution is 2.25. The van der Waals surface area contributed by atoms with Gasteiger partial charge < -0.3 is 16.8 Å². The summed E-state index contributed by atoms with van der Waals surface area (Å²) in [6, 6.07) is 23.1. The summed E-state index contributed by atoms with van der Waals surface area (Å²) in [5.41, 5.74) is 17.6. The third-order valence-corrected chi connectivity index (χ3v) is 6.70. The van der Waals surface area contributed by atoms with E-state index in [1.807, 2.05) is 86.6 Å². The quantitative estimate of drug-likeness (QED) is 0.242. The number of para-hydroxylation sites is 1. The number of nitrogens with one attached hydrogen (secondary N) is 2. The summed E-state index contributed by atoms with van der Waals surface area (Å²) >= 11 is 0. The summed E-state index contributed by atoms with van der Waals surface area (Å²) in [4.78, 5) is 22.4. The Hall–Kier alpha value is -4.82. The Balaban J connectivity index is 1.60. The molecule has 0 spiro atoms. The van der Waals surface area contributed by atoms with E-state index in [1.54, 1.807) is 4.57 Å². The van der Waals surface area contributed by atoms with Crippen molar-refractivity contribution < 1.29 is 0 Å². The number of nitrogens with two attached hydrogens (primary N) is 2. The van der Waals surface area contributed by atoms with Crippen molar-refractivity contribution in [2.75, 3.05) is 11.1 Å². The Labute approximate surface area is 220 Å². The number of aromatic nitrogens is 3. The first kappa shape index (κ1) is 24.9. The normalized spacial score (nSPS) is 11.0. The number of rotatable bonds is 7. The lowest BCUT2D eigenvalue weighted by molar-refractivity contribution is 0.883. The van der Waals surface area contributed by atoms with Crippen LogP contribution in [-0.4, -0.2) is 20.2 Å². The molecular formula is C30H29N7O. The minimum Gasteiger partial charge on any atom is -0.383 e. The smallest absolute Gasteiger partial charge is 0.263 e. The van der Waals surface area contributed by atoms with E-state index in [0.717, 1.165) is 33.5 Å². The Kier molecular flexibility index (Phi) is 6.72. The first-order valence-corrected chi connectivity index (χ1v) is 12.3. The summed E-state index contributed by atoms with van der Waals surface area (Å²) in [6.45, 7) is 4.57. The standard InChI is InChI=1S/C30H29N7O/c1-18-7-3-4-12-24(18)37-23(14-21-10-5-8-19(2)25(21)30(37)38)16-34-29-26(28(33)35-17-36-29)27(32)22-11-6-9-20(13-22)15-31/h3-14,17,32H,15-16,31H2,1-2H3,(H3,33,34,35,36). The van der Waals surface area contributed by atoms with Gasteiger partial charge in [0.2, 0.25) is 0 Å². The number of fused-ring (bicyclic) bond motifs is 1. The van der Waals surface area contributed by atoms with Crippen molar-refractivity contribution in [3.8, 4) is 5.69 Å². The van der Waals surface area contributed by atoms with Gasteiger partial charge in [-0.2, -0.15) is 0 Å². The van der Waals surface area contributed by atoms with Crippen molar-refractivity contribution in [2.45, 2.75) is 26.9 Å². The zero-order chi connectivity index (χ0) is 26.8. The van der Waals surface area contributed by atoms with Crippen LogP contribution < -0.4 is 22.3 Å². The molecule has 5 aromatic rings. The van der Waals surface area contributed by atoms with Crippen molar-refractivity contribution in [3.05, 3.63) is 123 Å². The lowest BCUT2D eigenvalue weighted by Gasteiger charge is -2.19. The van der Waals surface area contributed by atoms with Gasteiger partial charge in [-0.1, -0.05) is 54.6 Å². The maximum atomic E-state index is 13.9. The first-order valence-electron chi connectivity index (χ1n) is 12.3. The summed E-state index contributed by atoms with van der Waals surface area (Å²) < 4.78 is 1.75. The van der Waals surface area contributed by atoms with Crippen molar-refractivity contribution in [2.24, 2.45) is 5.73 Å². The molecule has 0 aliphatic carbocycles. The van der Waals surface area contributed by atoms with Crippen molar-refractivity contribution in [1.82, 2.24) is 14.5 Å². The summed E-state index contributed by atoms with van der Waals surface area (Å²) in [5, 5.41) is 13.8. The largest absolute Gasteiger partial charge is 0.383 e. The average Bonchev–Trinajstić information content (AvgIpc) is 2.92. The van der Waals surface area contributed by atoms with Gasteiger partial charge in [0.15, 0.2) is 0 Å². The van der Waals surface area contributed by atoms with Crippen LogP contribution in [0.5, 0.6) is 0 Å². The van der Waals surface area contributed by atoms with Crippen molar-refractivity contribution >= 4 is 28.1 Å². The van der Waals surface area contributed by atoms with Gasteiger partial charge in [0.1, 0.15) is 18.0 Å². The Morgan fingerprint density at radius 2 is 1.74 bits per heavy atom. The van der Waals surface area contributed by atoms with Crippen LogP contribution >= 0.6 is 0 Å². The molecule has 3 aromatic carbocycles. The lowest BCUT2D eigenvalue weighted by Crippen LogP contribution is -2.25. The molecule has 0 fully saturated rings. The number of hydrogen-bond donors (Lipinski definition) is 4. The van der Waals surface area contributed by atoms with E-state index in [-0.39, 0.29) is 23.6 Å². The highest BCUT2D eigenvalue weighted by atomic mass is 16.1. The first-order chi connectivity index (χ1) is 18.4. The van der Waals surface area contributed by atoms with Crippen LogP contribution in [-0.2, 0) is 13.1 Å². The molecule has 0 saturated carbocycles. The molecule has 8 nitrogen and oxygen atoms in total. The van der Waals surface area contributed by atoms with Crippen LogP contribution in [0.3, 0.4) is 0 Å². The molecule has 190 valence electrons. The van der Waals surface area contributed by atoms with Gasteiger partial charge in [-0.25, -0.2) is 9.97 Å². The van der Waals surface area contributed by atoms with E-state index in [1.165, 1.54) is 6.33 Å². The van der Waals surface area contributed by atoms with E-state index in [0.29, 0.717) is 28.9 Å². The van der Waals surface area contributed by atoms with Crippen LogP contribution in [0.1, 0.15) is 33.5 Å². The summed E-state index contributed by atoms with van der Waals surface area (Å²) in [7, 11) is 0. The van der Waals surface area contributed by atoms with Crippen LogP contribution in [0.15, 0.2) is 83.9 Å². The fourth-order valence-corrected chi connectivity index (χ4v) is 4.75. The Bertz CT molecular complexity index is 1740. The average molecular weight is 504 g/mol. The molecule has 0 aliphatic heterocycles. The molecule has 0 unspecified atom stereocenters. The number of hydrogen-bond acceptors (Lipinski definition) is 7. The Morgan fingerprint density at radius 3 is 2.53 bits per heavy atom. The predicted octanol–water partition coefficient (Wildman–Crippen LogP) is 4.47. The van der Waals surface area contributed by atoms with Crippen LogP contribution in [0.4, 0.5) is 11.6 Å². The third kappa shape index (κ3) is 4.53. The highest BCUT2D eigenvalue weighted by molar-refractivity contribution is 6.16. The van der Waals surface area contributed by atoms with E-state index >= 15 is 0 Å². The number of pyridine rings is 1. The van der Waals surface area contributed by atoms with Crippen molar-refractivity contribution in [3.63, 3.8) is 0 Å². The van der Waals surface area contributed by atoms with E-state index in [2.05, 4.69) is 15.3 Å². The zero-order valence-corrected chi connectivity index (χ0v) is 21.3. The van der Waals surface area contributed by atoms with E-state index in [4.69, 9.17) is 16.9 Å². The monoisotopic (exact) mass is 503 g/mol. The maximum Gasteiger partial charge on any atom is 0.263 e. The van der Waals surface area contributed by atoms with Crippen LogP contribution in [0.2, 0.25) is 0 Å². The number of nitrogens with zero attached hydrogens (tertiary/aromatic N) is 3. The summed E-state index contributed by atoms with van der Waals surface area (Å²) in [5.74, 6) is 0.602. The summed E-state index contributed by atoms with van der Waals surface area (Å²) in [6.07, 6.45) is 1.36. The SMILES string of the molecule is Cc1ccccc1-n1c(CNc2ncnc(N)c2C(=N)c2cccc(CN)c2)cc2cccc(C)c2c1=O. The molecule has 0 radical (unpaired) electrons. The minimum absolute atomic E-state index is 0.0829. The second-order valence-electron chi connectivity index (χ2n) is 9.22. The predicted molar refractivity (Wildman–Crippen MR) is 153 cm³/mol. The van der Waals surface area contributed by atoms with Gasteiger partial charge in [-0.15, -0.1) is 0 Å². The molecule has 5 rings (SSSR count). The van der Waals surface area contributed by atoms with Gasteiger partial charge in [0, 0.05) is 17.8 Å². The number of aryl methyl sites for hydroxylation is 2. The third-order valence-electron chi connectivity index (χ3n) is 6.70. The molecule has 38 heavy (non-hydrogen) atoms. The minimum atomic E-state index is -0.0829. The second kappa shape index (κ2) is 10.3. The molecule has 6 N–H and O–H groups in total. The molecule has 0 bridgehead atoms. The fourth-order valence-electron chi connectivity index (χ4n) is 4.75. The van der Waals surface area contributed by atoms with Gasteiger partial charge in [-0.3, -0.25) is 14.8 Å². The number of anilines is 2. The molecular weight excluding hydrogens is 474 g/mol. The molecule has 0 aliphatic rings. The topological polar surface area (TPSA) is 136 Å². The number of nitrogen functional groups attached to an aromatic ring is 1. The molecule has 2 aromatic heterocycles. The van der Waals surface area contributed by atoms with E-state index in [9.17, 15) is 4.79 Å². The van der Waals surface area contributed by atoms with Crippen molar-refractivity contribution in [1.29, 1.82) is 5.41 Å². The molecule has 0 amide bonds. The molecule has 0 atom stereocenters. The maximum absolute atomic E-state index is 13.9. The van der Waals surface area contributed by atoms with Crippen LogP contribution in [0.25, 0.3) is 16.5 Å². The highest BCUT2D eigenvalue weighted by Gasteiger charge is 2.18. The Morgan fingerprint density at radius 1 is 0.974 bits per heavy atom. The fraction of sp³-hybridized carbons (Fsp3) is 0.133.